The maximum absolute atomic E-state index is 12.2. The van der Waals surface area contributed by atoms with Gasteiger partial charge in [-0.2, -0.15) is 13.5 Å². The van der Waals surface area contributed by atoms with Gasteiger partial charge in [0.2, 0.25) is 18.7 Å². The molecule has 2 saturated heterocycles. The van der Waals surface area contributed by atoms with Crippen LogP contribution in [0.5, 0.6) is 0 Å². The Bertz CT molecular complexity index is 639. The number of hydrazine groups is 1. The molecule has 2 atom stereocenters. The Hall–Kier alpha value is -2.29. The van der Waals surface area contributed by atoms with E-state index < -0.39 is 34.5 Å². The topological polar surface area (TPSA) is 166 Å². The number of nitrogens with one attached hydrogen (secondary N) is 2. The van der Waals surface area contributed by atoms with Gasteiger partial charge in [0.1, 0.15) is 6.17 Å². The smallest absolute Gasteiger partial charge is 0.300 e. The predicted octanol–water partition coefficient (Wildman–Crippen LogP) is -2.82. The van der Waals surface area contributed by atoms with Crippen molar-refractivity contribution in [3.63, 3.8) is 0 Å². The number of urea groups is 1. The van der Waals surface area contributed by atoms with Gasteiger partial charge >= 0.3 is 16.4 Å². The zero-order valence-corrected chi connectivity index (χ0v) is 13.0. The summed E-state index contributed by atoms with van der Waals surface area (Å²) >= 11 is 0. The van der Waals surface area contributed by atoms with Crippen molar-refractivity contribution in [3.05, 3.63) is 0 Å². The SMILES string of the molecule is O=CNNCC(=O)N(C=O)[C@@H]1CC[C@@H]2CN1C(=O)N2OS(=O)(=O)O. The molecule has 0 spiro atoms. The van der Waals surface area contributed by atoms with E-state index in [1.165, 1.54) is 0 Å². The summed E-state index contributed by atoms with van der Waals surface area (Å²) in [4.78, 5) is 47.4. The number of carbonyl (C=O) groups excluding carboxylic acids is 4. The average Bonchev–Trinajstić information content (AvgIpc) is 2.74. The lowest BCUT2D eigenvalue weighted by Crippen LogP contribution is -2.55. The molecule has 3 N–H and O–H groups in total. The number of rotatable bonds is 8. The quantitative estimate of drug-likeness (QED) is 0.178. The second kappa shape index (κ2) is 7.08. The highest BCUT2D eigenvalue weighted by Crippen LogP contribution is 2.31. The van der Waals surface area contributed by atoms with E-state index >= 15 is 0 Å². The zero-order valence-electron chi connectivity index (χ0n) is 12.2. The molecular formula is C10H15N5O8S. The average molecular weight is 365 g/mol. The van der Waals surface area contributed by atoms with Gasteiger partial charge in [0.15, 0.2) is 0 Å². The van der Waals surface area contributed by atoms with Gasteiger partial charge < -0.3 is 0 Å². The van der Waals surface area contributed by atoms with Crippen LogP contribution in [0, 0.1) is 0 Å². The number of hydrogen-bond donors (Lipinski definition) is 3. The third-order valence-corrected chi connectivity index (χ3v) is 3.94. The van der Waals surface area contributed by atoms with Crippen LogP contribution >= 0.6 is 0 Å². The van der Waals surface area contributed by atoms with Crippen LogP contribution in [0.25, 0.3) is 0 Å². The number of piperidine rings is 1. The highest BCUT2D eigenvalue weighted by molar-refractivity contribution is 7.80. The third-order valence-electron chi connectivity index (χ3n) is 3.59. The molecule has 14 heteroatoms. The van der Waals surface area contributed by atoms with Gasteiger partial charge in [-0.3, -0.25) is 34.2 Å². The zero-order chi connectivity index (χ0) is 17.9. The molecule has 134 valence electrons. The van der Waals surface area contributed by atoms with Crippen LogP contribution < -0.4 is 10.9 Å². The molecule has 2 rings (SSSR count). The molecule has 0 saturated carbocycles. The lowest BCUT2D eigenvalue weighted by molar-refractivity contribution is -0.144. The first kappa shape index (κ1) is 18.1. The molecule has 24 heavy (non-hydrogen) atoms. The first-order valence-electron chi connectivity index (χ1n) is 6.74. The Balaban J connectivity index is 2.10. The molecular weight excluding hydrogens is 350 g/mol. The monoisotopic (exact) mass is 365 g/mol. The minimum Gasteiger partial charge on any atom is -0.300 e. The summed E-state index contributed by atoms with van der Waals surface area (Å²) in [5, 5.41) is 0.509. The van der Waals surface area contributed by atoms with Gasteiger partial charge in [-0.05, 0) is 12.8 Å². The number of imide groups is 1. The fourth-order valence-electron chi connectivity index (χ4n) is 2.66. The van der Waals surface area contributed by atoms with E-state index in [-0.39, 0.29) is 32.3 Å². The molecule has 2 fully saturated rings. The summed E-state index contributed by atoms with van der Waals surface area (Å²) in [7, 11) is -4.88. The Morgan fingerprint density at radius 2 is 2.12 bits per heavy atom. The van der Waals surface area contributed by atoms with Gasteiger partial charge in [0.05, 0.1) is 12.6 Å². The summed E-state index contributed by atoms with van der Waals surface area (Å²) in [5.41, 5.74) is 4.30. The third kappa shape index (κ3) is 3.78. The molecule has 0 aromatic rings. The number of fused-ring (bicyclic) bond motifs is 2. The minimum absolute atomic E-state index is 0.0245. The van der Waals surface area contributed by atoms with Crippen molar-refractivity contribution in [1.82, 2.24) is 25.7 Å². The van der Waals surface area contributed by atoms with Crippen LogP contribution in [-0.4, -0.2) is 77.9 Å². The fourth-order valence-corrected chi connectivity index (χ4v) is 3.04. The molecule has 5 amide bonds. The lowest BCUT2D eigenvalue weighted by atomic mass is 10.1. The predicted molar refractivity (Wildman–Crippen MR) is 73.5 cm³/mol. The van der Waals surface area contributed by atoms with Gasteiger partial charge in [-0.1, -0.05) is 0 Å². The number of hydrogen-bond acceptors (Lipinski definition) is 8. The van der Waals surface area contributed by atoms with Crippen molar-refractivity contribution in [3.8, 4) is 0 Å². The van der Waals surface area contributed by atoms with Crippen molar-refractivity contribution in [2.45, 2.75) is 25.0 Å². The standard InChI is InChI=1S/C10H15N5O8S/c16-5-12-11-3-9(18)14(6-17)8-2-1-7-4-13(8)10(19)15(7)23-24(20,21)22/h5-8,11H,1-4H2,(H,12,16)(H,20,21,22)/t7-,8-/m1/s1. The Kier molecular flexibility index (Phi) is 5.33. The summed E-state index contributed by atoms with van der Waals surface area (Å²) in [6.45, 7) is -0.360. The molecule has 0 aromatic carbocycles. The van der Waals surface area contributed by atoms with Crippen LogP contribution in [0.3, 0.4) is 0 Å². The van der Waals surface area contributed by atoms with Crippen molar-refractivity contribution in [2.24, 2.45) is 0 Å². The summed E-state index contributed by atoms with van der Waals surface area (Å²) in [6, 6.07) is -1.52. The molecule has 0 unspecified atom stereocenters. The van der Waals surface area contributed by atoms with E-state index in [1.54, 1.807) is 0 Å². The van der Waals surface area contributed by atoms with E-state index in [9.17, 15) is 27.6 Å². The first-order chi connectivity index (χ1) is 11.3. The Morgan fingerprint density at radius 3 is 2.71 bits per heavy atom. The highest BCUT2D eigenvalue weighted by atomic mass is 32.3. The summed E-state index contributed by atoms with van der Waals surface area (Å²) in [5.74, 6) is -0.704. The van der Waals surface area contributed by atoms with Crippen LogP contribution in [0.2, 0.25) is 0 Å². The van der Waals surface area contributed by atoms with Crippen LogP contribution in [0.1, 0.15) is 12.8 Å². The van der Waals surface area contributed by atoms with Gasteiger partial charge in [0.25, 0.3) is 0 Å². The largest absolute Gasteiger partial charge is 0.418 e. The molecule has 0 aromatic heterocycles. The first-order valence-corrected chi connectivity index (χ1v) is 8.10. The number of nitrogens with zero attached hydrogens (tertiary/aromatic N) is 3. The second-order valence-electron chi connectivity index (χ2n) is 5.00. The van der Waals surface area contributed by atoms with Crippen molar-refractivity contribution < 1.29 is 36.4 Å². The van der Waals surface area contributed by atoms with Crippen LogP contribution in [0.15, 0.2) is 0 Å². The molecule has 2 aliphatic rings. The lowest BCUT2D eigenvalue weighted by Gasteiger charge is -2.35. The number of carbonyl (C=O) groups is 4. The van der Waals surface area contributed by atoms with E-state index in [0.717, 1.165) is 9.80 Å². The van der Waals surface area contributed by atoms with E-state index in [4.69, 9.17) is 4.55 Å². The van der Waals surface area contributed by atoms with Crippen molar-refractivity contribution >= 4 is 35.2 Å². The number of amides is 5. The molecule has 13 nitrogen and oxygen atoms in total. The van der Waals surface area contributed by atoms with Gasteiger partial charge in [-0.25, -0.2) is 10.2 Å². The van der Waals surface area contributed by atoms with E-state index in [2.05, 4.69) is 9.71 Å². The molecule has 2 aliphatic heterocycles. The van der Waals surface area contributed by atoms with Crippen molar-refractivity contribution in [1.29, 1.82) is 0 Å². The Labute approximate surface area is 136 Å². The fraction of sp³-hybridized carbons (Fsp3) is 0.600. The number of hydroxylamine groups is 2. The molecule has 2 bridgehead atoms. The second-order valence-corrected chi connectivity index (χ2v) is 6.00. The summed E-state index contributed by atoms with van der Waals surface area (Å²) in [6.07, 6.45) is 0.0769. The minimum atomic E-state index is -4.88. The van der Waals surface area contributed by atoms with Crippen LogP contribution in [-0.2, 0) is 29.1 Å². The maximum Gasteiger partial charge on any atom is 0.418 e. The summed E-state index contributed by atoms with van der Waals surface area (Å²) < 4.78 is 34.6. The van der Waals surface area contributed by atoms with Gasteiger partial charge in [-0.15, -0.1) is 4.28 Å². The van der Waals surface area contributed by atoms with Gasteiger partial charge in [0, 0.05) is 6.54 Å². The normalized spacial score (nSPS) is 23.1. The highest BCUT2D eigenvalue weighted by Gasteiger charge is 2.49. The molecule has 2 heterocycles. The van der Waals surface area contributed by atoms with Crippen molar-refractivity contribution in [2.75, 3.05) is 13.1 Å². The molecule has 0 radical (unpaired) electrons. The maximum atomic E-state index is 12.2. The Morgan fingerprint density at radius 1 is 1.42 bits per heavy atom. The molecule has 0 aliphatic carbocycles. The van der Waals surface area contributed by atoms with E-state index in [1.807, 2.05) is 5.43 Å². The van der Waals surface area contributed by atoms with Crippen LogP contribution in [0.4, 0.5) is 4.79 Å². The van der Waals surface area contributed by atoms with E-state index in [0.29, 0.717) is 11.5 Å².